The Kier molecular flexibility index (Phi) is 4.63. The molecule has 2 amide bonds. The van der Waals surface area contributed by atoms with Gasteiger partial charge in [0.2, 0.25) is 11.8 Å². The highest BCUT2D eigenvalue weighted by molar-refractivity contribution is 6.05. The summed E-state index contributed by atoms with van der Waals surface area (Å²) in [6.45, 7) is 2.39. The van der Waals surface area contributed by atoms with Gasteiger partial charge in [-0.05, 0) is 37.3 Å². The van der Waals surface area contributed by atoms with E-state index >= 15 is 0 Å². The molecule has 3 heterocycles. The van der Waals surface area contributed by atoms with Crippen LogP contribution in [0.2, 0.25) is 0 Å². The fourth-order valence-electron chi connectivity index (χ4n) is 4.79. The summed E-state index contributed by atoms with van der Waals surface area (Å²) in [5.74, 6) is -2.09. The zero-order valence-electron chi connectivity index (χ0n) is 17.0. The summed E-state index contributed by atoms with van der Waals surface area (Å²) in [7, 11) is 0. The molecule has 0 radical (unpaired) electrons. The molecule has 2 fully saturated rings. The molecule has 0 aromatic heterocycles. The molecule has 0 saturated carbocycles. The van der Waals surface area contributed by atoms with E-state index < -0.39 is 29.5 Å². The number of hydrogen-bond acceptors (Lipinski definition) is 5. The molecule has 158 valence electrons. The minimum Gasteiger partial charge on any atom is -0.462 e. The lowest BCUT2D eigenvalue weighted by Crippen LogP contribution is -2.41. The van der Waals surface area contributed by atoms with E-state index in [0.29, 0.717) is 17.8 Å². The Hall–Kier alpha value is -3.45. The van der Waals surface area contributed by atoms with Crippen LogP contribution < -0.4 is 10.2 Å². The van der Waals surface area contributed by atoms with Crippen molar-refractivity contribution < 1.29 is 23.9 Å². The number of rotatable bonds is 5. The Morgan fingerprint density at radius 2 is 2.00 bits per heavy atom. The van der Waals surface area contributed by atoms with Gasteiger partial charge in [-0.2, -0.15) is 0 Å². The van der Waals surface area contributed by atoms with Crippen molar-refractivity contribution in [1.82, 2.24) is 0 Å². The molecule has 5 rings (SSSR count). The number of carbonyl (C=O) groups excluding carboxylic acids is 3. The maximum Gasteiger partial charge on any atom is 0.338 e. The second-order valence-electron chi connectivity index (χ2n) is 7.95. The fourth-order valence-corrected chi connectivity index (χ4v) is 4.79. The first-order valence-electron chi connectivity index (χ1n) is 10.3. The molecular weight excluding hydrogens is 396 g/mol. The van der Waals surface area contributed by atoms with Crippen molar-refractivity contribution in [2.75, 3.05) is 23.4 Å². The number of fused-ring (bicyclic) bond motifs is 1. The van der Waals surface area contributed by atoms with Gasteiger partial charge in [0, 0.05) is 11.4 Å². The molecule has 2 bridgehead atoms. The molecule has 3 aliphatic rings. The summed E-state index contributed by atoms with van der Waals surface area (Å²) in [5, 5.41) is 2.86. The Morgan fingerprint density at radius 1 is 1.19 bits per heavy atom. The lowest BCUT2D eigenvalue weighted by atomic mass is 9.76. The lowest BCUT2D eigenvalue weighted by molar-refractivity contribution is -0.128. The Labute approximate surface area is 179 Å². The first kappa shape index (κ1) is 19.5. The van der Waals surface area contributed by atoms with Crippen molar-refractivity contribution in [1.29, 1.82) is 0 Å². The van der Waals surface area contributed by atoms with Gasteiger partial charge in [0.25, 0.3) is 0 Å². The molecule has 2 aromatic carbocycles. The summed E-state index contributed by atoms with van der Waals surface area (Å²) in [6.07, 6.45) is 3.35. The SMILES string of the molecule is CCOC(=O)c1cccc(NC(=O)[C@@H]2[C@H]3C(=O)N(c4ccccc4)C[C@]34C=C[C@H]2O4)c1. The topological polar surface area (TPSA) is 84.9 Å². The summed E-state index contributed by atoms with van der Waals surface area (Å²) in [5.41, 5.74) is 0.832. The summed E-state index contributed by atoms with van der Waals surface area (Å²) < 4.78 is 11.2. The van der Waals surface area contributed by atoms with Crippen LogP contribution in [0.1, 0.15) is 17.3 Å². The van der Waals surface area contributed by atoms with E-state index in [1.165, 1.54) is 0 Å². The van der Waals surface area contributed by atoms with Gasteiger partial charge in [0.05, 0.1) is 36.7 Å². The molecule has 7 heteroatoms. The average molecular weight is 418 g/mol. The van der Waals surface area contributed by atoms with E-state index in [9.17, 15) is 14.4 Å². The minimum absolute atomic E-state index is 0.113. The van der Waals surface area contributed by atoms with Crippen molar-refractivity contribution in [2.45, 2.75) is 18.6 Å². The molecule has 2 aromatic rings. The normalized spacial score (nSPS) is 28.0. The van der Waals surface area contributed by atoms with Crippen LogP contribution in [-0.4, -0.2) is 42.6 Å². The first-order chi connectivity index (χ1) is 15.0. The summed E-state index contributed by atoms with van der Waals surface area (Å²) >= 11 is 0. The van der Waals surface area contributed by atoms with Gasteiger partial charge in [-0.15, -0.1) is 0 Å². The minimum atomic E-state index is -0.785. The van der Waals surface area contributed by atoms with Crippen LogP contribution in [0.3, 0.4) is 0 Å². The molecule has 7 nitrogen and oxygen atoms in total. The zero-order valence-corrected chi connectivity index (χ0v) is 17.0. The summed E-state index contributed by atoms with van der Waals surface area (Å²) in [6, 6.07) is 16.0. The van der Waals surface area contributed by atoms with Crippen LogP contribution in [0, 0.1) is 11.8 Å². The third-order valence-electron chi connectivity index (χ3n) is 6.11. The molecule has 2 saturated heterocycles. The molecule has 1 N–H and O–H groups in total. The van der Waals surface area contributed by atoms with Crippen molar-refractivity contribution in [3.8, 4) is 0 Å². The molecule has 4 atom stereocenters. The van der Waals surface area contributed by atoms with Gasteiger partial charge in [-0.1, -0.05) is 36.4 Å². The Bertz CT molecular complexity index is 1080. The number of nitrogens with one attached hydrogen (secondary N) is 1. The first-order valence-corrected chi connectivity index (χ1v) is 10.3. The van der Waals surface area contributed by atoms with Gasteiger partial charge >= 0.3 is 5.97 Å². The number of hydrogen-bond donors (Lipinski definition) is 1. The highest BCUT2D eigenvalue weighted by atomic mass is 16.5. The highest BCUT2D eigenvalue weighted by Crippen LogP contribution is 2.52. The molecule has 3 aliphatic heterocycles. The predicted molar refractivity (Wildman–Crippen MR) is 114 cm³/mol. The van der Waals surface area contributed by atoms with Crippen molar-refractivity contribution in [3.63, 3.8) is 0 Å². The van der Waals surface area contributed by atoms with Crippen LogP contribution in [-0.2, 0) is 19.1 Å². The number of benzene rings is 2. The predicted octanol–water partition coefficient (Wildman–Crippen LogP) is 2.79. The van der Waals surface area contributed by atoms with E-state index in [2.05, 4.69) is 5.32 Å². The third-order valence-corrected chi connectivity index (χ3v) is 6.11. The van der Waals surface area contributed by atoms with E-state index in [1.807, 2.05) is 42.5 Å². The maximum absolute atomic E-state index is 13.3. The number of amides is 2. The van der Waals surface area contributed by atoms with Crippen LogP contribution in [0.4, 0.5) is 11.4 Å². The van der Waals surface area contributed by atoms with Gasteiger partial charge in [0.15, 0.2) is 0 Å². The number of anilines is 2. The second-order valence-corrected chi connectivity index (χ2v) is 7.95. The maximum atomic E-state index is 13.3. The standard InChI is InChI=1S/C24H22N2O5/c1-2-30-23(29)15-7-6-8-16(13-15)25-21(27)19-18-11-12-24(31-18)14-26(22(28)20(19)24)17-9-4-3-5-10-17/h3-13,18-20H,2,14H2,1H3,(H,25,27)/t18-,19+,20+,24-/m1/s1. The molecule has 31 heavy (non-hydrogen) atoms. The van der Waals surface area contributed by atoms with Gasteiger partial charge < -0.3 is 19.7 Å². The largest absolute Gasteiger partial charge is 0.462 e. The van der Waals surface area contributed by atoms with Gasteiger partial charge in [0.1, 0.15) is 5.60 Å². The van der Waals surface area contributed by atoms with Crippen LogP contribution in [0.5, 0.6) is 0 Å². The van der Waals surface area contributed by atoms with Crippen molar-refractivity contribution in [3.05, 3.63) is 72.3 Å². The van der Waals surface area contributed by atoms with Crippen molar-refractivity contribution in [2.24, 2.45) is 11.8 Å². The average Bonchev–Trinajstić information content (AvgIpc) is 3.43. The lowest BCUT2D eigenvalue weighted by Gasteiger charge is -2.23. The molecular formula is C24H22N2O5. The number of para-hydroxylation sites is 1. The number of carbonyl (C=O) groups is 3. The van der Waals surface area contributed by atoms with Crippen LogP contribution in [0.25, 0.3) is 0 Å². The van der Waals surface area contributed by atoms with Crippen LogP contribution >= 0.6 is 0 Å². The highest BCUT2D eigenvalue weighted by Gasteiger charge is 2.67. The van der Waals surface area contributed by atoms with E-state index in [4.69, 9.17) is 9.47 Å². The number of esters is 1. The number of ether oxygens (including phenoxy) is 2. The Morgan fingerprint density at radius 3 is 2.77 bits per heavy atom. The Balaban J connectivity index is 1.38. The monoisotopic (exact) mass is 418 g/mol. The molecule has 1 spiro atoms. The van der Waals surface area contributed by atoms with E-state index in [-0.39, 0.29) is 18.4 Å². The molecule has 0 aliphatic carbocycles. The third kappa shape index (κ3) is 3.13. The van der Waals surface area contributed by atoms with Crippen LogP contribution in [0.15, 0.2) is 66.7 Å². The number of nitrogens with zero attached hydrogens (tertiary/aromatic N) is 1. The van der Waals surface area contributed by atoms with E-state index in [1.54, 1.807) is 36.1 Å². The quantitative estimate of drug-likeness (QED) is 0.596. The van der Waals surface area contributed by atoms with E-state index in [0.717, 1.165) is 5.69 Å². The second kappa shape index (κ2) is 7.35. The van der Waals surface area contributed by atoms with Gasteiger partial charge in [-0.25, -0.2) is 4.79 Å². The smallest absolute Gasteiger partial charge is 0.338 e. The van der Waals surface area contributed by atoms with Crippen molar-refractivity contribution >= 4 is 29.2 Å². The van der Waals surface area contributed by atoms with Gasteiger partial charge in [-0.3, -0.25) is 9.59 Å². The fraction of sp³-hybridized carbons (Fsp3) is 0.292. The summed E-state index contributed by atoms with van der Waals surface area (Å²) in [4.78, 5) is 40.2. The molecule has 0 unspecified atom stereocenters. The zero-order chi connectivity index (χ0) is 21.6.